The van der Waals surface area contributed by atoms with E-state index in [1.165, 1.54) is 0 Å². The van der Waals surface area contributed by atoms with Crippen molar-refractivity contribution >= 4 is 45.4 Å². The van der Waals surface area contributed by atoms with Crippen molar-refractivity contribution in [2.75, 3.05) is 44.2 Å². The first-order valence-electron chi connectivity index (χ1n) is 12.2. The number of carbonyl (C=O) groups is 1. The average Bonchev–Trinajstić information content (AvgIpc) is 2.91. The van der Waals surface area contributed by atoms with Crippen LogP contribution < -0.4 is 9.64 Å². The molecule has 0 N–H and O–H groups in total. The predicted molar refractivity (Wildman–Crippen MR) is 146 cm³/mol. The van der Waals surface area contributed by atoms with Crippen molar-refractivity contribution in [3.05, 3.63) is 88.0 Å². The Hall–Kier alpha value is -3.12. The molecule has 7 heteroatoms. The van der Waals surface area contributed by atoms with Crippen LogP contribution >= 0.6 is 23.2 Å². The normalized spacial score (nSPS) is 15.3. The Bertz CT molecular complexity index is 1460. The minimum absolute atomic E-state index is 0.0271. The molecule has 0 radical (unpaired) electrons. The van der Waals surface area contributed by atoms with Crippen LogP contribution in [-0.4, -0.2) is 55.0 Å². The van der Waals surface area contributed by atoms with Gasteiger partial charge in [0.1, 0.15) is 5.75 Å². The Morgan fingerprint density at radius 2 is 1.69 bits per heavy atom. The van der Waals surface area contributed by atoms with Crippen molar-refractivity contribution in [2.24, 2.45) is 0 Å². The maximum absolute atomic E-state index is 13.2. The molecule has 1 aliphatic heterocycles. The number of fused-ring (bicyclic) bond motifs is 2. The van der Waals surface area contributed by atoms with Crippen LogP contribution in [0.4, 0.5) is 5.69 Å². The summed E-state index contributed by atoms with van der Waals surface area (Å²) >= 11 is 12.6. The van der Waals surface area contributed by atoms with Gasteiger partial charge in [0.25, 0.3) is 0 Å². The minimum Gasteiger partial charge on any atom is -0.494 e. The maximum Gasteiger partial charge on any atom is 0.194 e. The van der Waals surface area contributed by atoms with Crippen LogP contribution in [0.1, 0.15) is 22.3 Å². The van der Waals surface area contributed by atoms with Gasteiger partial charge in [-0.05, 0) is 42.1 Å². The highest BCUT2D eigenvalue weighted by Crippen LogP contribution is 2.39. The third-order valence-corrected chi connectivity index (χ3v) is 7.85. The number of nitrogens with zero attached hydrogens (tertiary/aromatic N) is 3. The van der Waals surface area contributed by atoms with Gasteiger partial charge in [-0.1, -0.05) is 53.5 Å². The van der Waals surface area contributed by atoms with Crippen LogP contribution in [0, 0.1) is 0 Å². The summed E-state index contributed by atoms with van der Waals surface area (Å²) in [5, 5.41) is 3.10. The minimum atomic E-state index is 0.0271. The zero-order valence-electron chi connectivity index (χ0n) is 19.7. The molecule has 0 unspecified atom stereocenters. The molecule has 1 fully saturated rings. The Labute approximate surface area is 220 Å². The van der Waals surface area contributed by atoms with E-state index in [0.29, 0.717) is 27.8 Å². The Balaban J connectivity index is 1.08. The van der Waals surface area contributed by atoms with Crippen LogP contribution in [0.15, 0.2) is 66.9 Å². The number of pyridine rings is 1. The quantitative estimate of drug-likeness (QED) is 0.246. The van der Waals surface area contributed by atoms with E-state index in [0.717, 1.165) is 72.6 Å². The number of ether oxygens (including phenoxy) is 1. The highest BCUT2D eigenvalue weighted by Gasteiger charge is 2.26. The van der Waals surface area contributed by atoms with Crippen LogP contribution in [0.25, 0.3) is 22.0 Å². The fourth-order valence-corrected chi connectivity index (χ4v) is 5.63. The molecule has 1 aromatic heterocycles. The summed E-state index contributed by atoms with van der Waals surface area (Å²) in [5.74, 6) is 0.752. The second-order valence-electron chi connectivity index (χ2n) is 9.21. The van der Waals surface area contributed by atoms with Crippen molar-refractivity contribution < 1.29 is 9.53 Å². The molecule has 2 heterocycles. The lowest BCUT2D eigenvalue weighted by molar-refractivity contribution is 0.103. The van der Waals surface area contributed by atoms with E-state index >= 15 is 0 Å². The molecule has 5 nitrogen and oxygen atoms in total. The van der Waals surface area contributed by atoms with Crippen LogP contribution in [0.2, 0.25) is 10.0 Å². The van der Waals surface area contributed by atoms with E-state index in [2.05, 4.69) is 14.8 Å². The molecule has 0 saturated carbocycles. The standard InChI is InChI=1S/C29H25Cl2N3O2/c30-24-7-3-8-25(27(24)31)34-14-12-33(13-15-34)11-4-16-36-20-17-19-9-10-32-28-21-5-1-2-6-22(21)29(35)23(18-20)26(19)28/h1-3,5-10,17-18H,4,11-16H2. The fourth-order valence-electron chi connectivity index (χ4n) is 5.22. The van der Waals surface area contributed by atoms with Gasteiger partial charge < -0.3 is 9.64 Å². The topological polar surface area (TPSA) is 45.7 Å². The number of carbonyl (C=O) groups excluding carboxylic acids is 1. The van der Waals surface area contributed by atoms with Crippen molar-refractivity contribution in [3.63, 3.8) is 0 Å². The van der Waals surface area contributed by atoms with Crippen LogP contribution in [0.5, 0.6) is 5.75 Å². The number of benzene rings is 3. The number of piperazine rings is 1. The van der Waals surface area contributed by atoms with Gasteiger partial charge in [0.15, 0.2) is 5.78 Å². The van der Waals surface area contributed by atoms with E-state index in [4.69, 9.17) is 27.9 Å². The van der Waals surface area contributed by atoms with Crippen LogP contribution in [0.3, 0.4) is 0 Å². The second-order valence-corrected chi connectivity index (χ2v) is 9.99. The summed E-state index contributed by atoms with van der Waals surface area (Å²) in [5.41, 5.74) is 4.12. The van der Waals surface area contributed by atoms with E-state index < -0.39 is 0 Å². The number of hydrogen-bond acceptors (Lipinski definition) is 5. The molecule has 36 heavy (non-hydrogen) atoms. The van der Waals surface area contributed by atoms with Crippen molar-refractivity contribution in [1.29, 1.82) is 0 Å². The lowest BCUT2D eigenvalue weighted by Gasteiger charge is -2.36. The molecule has 6 rings (SSSR count). The van der Waals surface area contributed by atoms with Gasteiger partial charge in [-0.3, -0.25) is 14.7 Å². The second kappa shape index (κ2) is 9.74. The molecule has 0 spiro atoms. The number of ketones is 1. The van der Waals surface area contributed by atoms with Crippen molar-refractivity contribution in [3.8, 4) is 17.0 Å². The van der Waals surface area contributed by atoms with Gasteiger partial charge in [-0.2, -0.15) is 0 Å². The van der Waals surface area contributed by atoms with Gasteiger partial charge in [0.05, 0.1) is 28.0 Å². The summed E-state index contributed by atoms with van der Waals surface area (Å²) in [6.07, 6.45) is 2.71. The van der Waals surface area contributed by atoms with E-state index in [9.17, 15) is 4.79 Å². The zero-order valence-corrected chi connectivity index (χ0v) is 21.2. The SMILES string of the molecule is O=C1c2ccccc2-c2nccc3cc(OCCCN4CCN(c5cccc(Cl)c5Cl)CC4)cc1c23. The summed E-state index contributed by atoms with van der Waals surface area (Å²) in [4.78, 5) is 22.6. The highest BCUT2D eigenvalue weighted by molar-refractivity contribution is 6.43. The highest BCUT2D eigenvalue weighted by atomic mass is 35.5. The van der Waals surface area contributed by atoms with Gasteiger partial charge in [0.2, 0.25) is 0 Å². The monoisotopic (exact) mass is 517 g/mol. The third kappa shape index (κ3) is 4.21. The molecule has 0 bridgehead atoms. The number of halogens is 2. The summed E-state index contributed by atoms with van der Waals surface area (Å²) in [6, 6.07) is 19.3. The lowest BCUT2D eigenvalue weighted by Crippen LogP contribution is -2.46. The van der Waals surface area contributed by atoms with E-state index in [1.807, 2.05) is 60.7 Å². The molecule has 1 aliphatic carbocycles. The molecule has 182 valence electrons. The first-order valence-corrected chi connectivity index (χ1v) is 13.0. The van der Waals surface area contributed by atoms with Crippen LogP contribution in [-0.2, 0) is 0 Å². The molecule has 1 saturated heterocycles. The van der Waals surface area contributed by atoms with Gasteiger partial charge in [-0.25, -0.2) is 0 Å². The number of hydrogen-bond donors (Lipinski definition) is 0. The largest absolute Gasteiger partial charge is 0.494 e. The predicted octanol–water partition coefficient (Wildman–Crippen LogP) is 6.34. The molecule has 0 atom stereocenters. The lowest BCUT2D eigenvalue weighted by atomic mass is 9.85. The fraction of sp³-hybridized carbons (Fsp3) is 0.241. The van der Waals surface area contributed by atoms with Crippen molar-refractivity contribution in [1.82, 2.24) is 9.88 Å². The smallest absolute Gasteiger partial charge is 0.194 e. The summed E-state index contributed by atoms with van der Waals surface area (Å²) in [6.45, 7) is 5.30. The Kier molecular flexibility index (Phi) is 6.30. The molecular formula is C29H25Cl2N3O2. The summed E-state index contributed by atoms with van der Waals surface area (Å²) in [7, 11) is 0. The zero-order chi connectivity index (χ0) is 24.6. The first kappa shape index (κ1) is 23.3. The Morgan fingerprint density at radius 1 is 0.889 bits per heavy atom. The Morgan fingerprint density at radius 3 is 2.53 bits per heavy atom. The van der Waals surface area contributed by atoms with E-state index in [1.54, 1.807) is 6.20 Å². The molecule has 0 amide bonds. The van der Waals surface area contributed by atoms with Gasteiger partial charge in [0, 0.05) is 61.0 Å². The maximum atomic E-state index is 13.2. The van der Waals surface area contributed by atoms with E-state index in [-0.39, 0.29) is 5.78 Å². The first-order chi connectivity index (χ1) is 17.6. The number of rotatable bonds is 6. The van der Waals surface area contributed by atoms with Gasteiger partial charge >= 0.3 is 0 Å². The molecular weight excluding hydrogens is 493 g/mol. The number of aromatic nitrogens is 1. The van der Waals surface area contributed by atoms with Gasteiger partial charge in [-0.15, -0.1) is 0 Å². The molecule has 4 aromatic rings. The average molecular weight is 518 g/mol. The summed E-state index contributed by atoms with van der Waals surface area (Å²) < 4.78 is 6.13. The van der Waals surface area contributed by atoms with Crippen molar-refractivity contribution in [2.45, 2.75) is 6.42 Å². The number of anilines is 1. The molecule has 2 aliphatic rings. The third-order valence-electron chi connectivity index (χ3n) is 7.04. The molecule has 3 aromatic carbocycles.